The molecule has 0 fully saturated rings. The molecule has 1 unspecified atom stereocenters. The molecule has 0 aromatic rings. The molecule has 0 aromatic heterocycles. The molecule has 62 valence electrons. The van der Waals surface area contributed by atoms with Crippen molar-refractivity contribution in [3.63, 3.8) is 0 Å². The Kier molecular flexibility index (Phi) is 4.22. The Balaban J connectivity index is 3.39. The maximum atomic E-state index is 9.91. The highest BCUT2D eigenvalue weighted by Crippen LogP contribution is 2.15. The van der Waals surface area contributed by atoms with E-state index in [1.165, 1.54) is 0 Å². The lowest BCUT2D eigenvalue weighted by molar-refractivity contribution is 0.212. The summed E-state index contributed by atoms with van der Waals surface area (Å²) in [6.07, 6.45) is 0. The zero-order chi connectivity index (χ0) is 8.20. The van der Waals surface area contributed by atoms with E-state index in [-0.39, 0.29) is 0 Å². The van der Waals surface area contributed by atoms with Crippen molar-refractivity contribution in [3.05, 3.63) is 0 Å². The molecule has 9 heteroatoms. The summed E-state index contributed by atoms with van der Waals surface area (Å²) >= 11 is 0. The Labute approximate surface area is 58.8 Å². The van der Waals surface area contributed by atoms with Crippen molar-refractivity contribution in [2.24, 2.45) is 5.50 Å². The molecule has 1 atom stereocenters. The third kappa shape index (κ3) is 8.18. The lowest BCUT2D eigenvalue weighted by Crippen LogP contribution is -2.21. The smallest absolute Gasteiger partial charge is 0.280 e. The lowest BCUT2D eigenvalue weighted by Gasteiger charge is -2.02. The van der Waals surface area contributed by atoms with Crippen molar-refractivity contribution in [2.45, 2.75) is 0 Å². The van der Waals surface area contributed by atoms with E-state index >= 15 is 0 Å². The van der Waals surface area contributed by atoms with Crippen LogP contribution in [0.25, 0.3) is 0 Å². The largest absolute Gasteiger partial charge is 0.337 e. The van der Waals surface area contributed by atoms with Gasteiger partial charge in [-0.25, -0.2) is 4.62 Å². The van der Waals surface area contributed by atoms with E-state index in [9.17, 15) is 8.42 Å². The molecule has 0 bridgehead atoms. The Morgan fingerprint density at radius 2 is 2.20 bits per heavy atom. The molecule has 0 heterocycles. The van der Waals surface area contributed by atoms with Gasteiger partial charge in [0.2, 0.25) is 0 Å². The van der Waals surface area contributed by atoms with Gasteiger partial charge in [0.15, 0.2) is 0 Å². The first-order chi connectivity index (χ1) is 4.42. The van der Waals surface area contributed by atoms with E-state index in [4.69, 9.17) is 9.45 Å². The molecule has 0 rings (SSSR count). The number of rotatable bonds is 4. The SMILES string of the molecule is NP(O)ONCS(=O)(=O)O. The number of hydrogen-bond acceptors (Lipinski definition) is 6. The number of hydroxylamine groups is 1. The molecule has 0 aliphatic rings. The number of hydrogen-bond donors (Lipinski definition) is 4. The number of nitrogens with two attached hydrogens (primary N) is 1. The minimum Gasteiger partial charge on any atom is -0.337 e. The zero-order valence-corrected chi connectivity index (χ0v) is 6.47. The van der Waals surface area contributed by atoms with Crippen molar-refractivity contribution >= 4 is 18.6 Å². The predicted octanol–water partition coefficient (Wildman–Crippen LogP) is -1.47. The molecular weight excluding hydrogens is 183 g/mol. The van der Waals surface area contributed by atoms with Crippen LogP contribution in [0.15, 0.2) is 0 Å². The monoisotopic (exact) mass is 190 g/mol. The van der Waals surface area contributed by atoms with Crippen molar-refractivity contribution in [2.75, 3.05) is 5.88 Å². The summed E-state index contributed by atoms with van der Waals surface area (Å²) in [5.74, 6) is -0.802. The van der Waals surface area contributed by atoms with Gasteiger partial charge in [0.1, 0.15) is 5.88 Å². The summed E-state index contributed by atoms with van der Waals surface area (Å²) in [7, 11) is -6.25. The Hall–Kier alpha value is 0.180. The molecule has 0 aliphatic heterocycles. The lowest BCUT2D eigenvalue weighted by atomic mass is 11.5. The molecule has 0 radical (unpaired) electrons. The summed E-state index contributed by atoms with van der Waals surface area (Å²) in [5.41, 5.74) is 6.42. The van der Waals surface area contributed by atoms with Gasteiger partial charge >= 0.3 is 0 Å². The van der Waals surface area contributed by atoms with Crippen molar-refractivity contribution in [3.8, 4) is 0 Å². The number of nitrogens with one attached hydrogen (secondary N) is 1. The van der Waals surface area contributed by atoms with Crippen LogP contribution in [0, 0.1) is 0 Å². The van der Waals surface area contributed by atoms with E-state index in [1.807, 2.05) is 0 Å². The second-order valence-electron chi connectivity index (χ2n) is 1.26. The van der Waals surface area contributed by atoms with Gasteiger partial charge in [-0.15, -0.1) is 0 Å². The highest BCUT2D eigenvalue weighted by atomic mass is 32.2. The first-order valence-corrected chi connectivity index (χ1v) is 4.89. The Bertz CT molecular complexity index is 176. The van der Waals surface area contributed by atoms with Gasteiger partial charge in [-0.2, -0.15) is 13.9 Å². The Morgan fingerprint density at radius 1 is 1.70 bits per heavy atom. The van der Waals surface area contributed by atoms with E-state index in [1.54, 1.807) is 5.48 Å². The Morgan fingerprint density at radius 3 is 2.50 bits per heavy atom. The van der Waals surface area contributed by atoms with Crippen LogP contribution >= 0.6 is 8.53 Å². The minimum absolute atomic E-state index is 0.802. The second kappa shape index (κ2) is 4.14. The van der Waals surface area contributed by atoms with Gasteiger partial charge in [-0.1, -0.05) is 0 Å². The second-order valence-corrected chi connectivity index (χ2v) is 3.50. The topological polar surface area (TPSA) is 122 Å². The summed E-state index contributed by atoms with van der Waals surface area (Å²) in [5, 5.41) is 0. The maximum absolute atomic E-state index is 9.91. The third-order valence-electron chi connectivity index (χ3n) is 0.399. The van der Waals surface area contributed by atoms with E-state index in [0.29, 0.717) is 0 Å². The predicted molar refractivity (Wildman–Crippen MR) is 34.0 cm³/mol. The fourth-order valence-electron chi connectivity index (χ4n) is 0.167. The van der Waals surface area contributed by atoms with Gasteiger partial charge in [0.25, 0.3) is 18.6 Å². The fraction of sp³-hybridized carbons (Fsp3) is 1.00. The molecule has 10 heavy (non-hydrogen) atoms. The van der Waals surface area contributed by atoms with Gasteiger partial charge in [0, 0.05) is 0 Å². The molecule has 5 N–H and O–H groups in total. The third-order valence-corrected chi connectivity index (χ3v) is 1.20. The molecule has 0 saturated carbocycles. The molecule has 0 saturated heterocycles. The first-order valence-electron chi connectivity index (χ1n) is 2.00. The molecule has 0 aromatic carbocycles. The van der Waals surface area contributed by atoms with Crippen molar-refractivity contribution in [1.82, 2.24) is 5.48 Å². The van der Waals surface area contributed by atoms with Crippen LogP contribution in [0.3, 0.4) is 0 Å². The first kappa shape index (κ1) is 10.2. The standard InChI is InChI=1S/CH7N2O5PS/c2-9(4)8-3-1-10(5,6)7/h3-4H,1-2H2,(H,5,6,7). The summed E-state index contributed by atoms with van der Waals surface area (Å²) in [6, 6.07) is 0. The summed E-state index contributed by atoms with van der Waals surface area (Å²) in [6.45, 7) is 0. The average molecular weight is 190 g/mol. The quantitative estimate of drug-likeness (QED) is 0.242. The van der Waals surface area contributed by atoms with Crippen LogP contribution in [0.4, 0.5) is 0 Å². The maximum Gasteiger partial charge on any atom is 0.280 e. The normalized spacial score (nSPS) is 15.1. The van der Waals surface area contributed by atoms with E-state index < -0.39 is 24.5 Å². The van der Waals surface area contributed by atoms with Crippen molar-refractivity contribution < 1.29 is 22.5 Å². The molecular formula is CH7N2O5PS. The van der Waals surface area contributed by atoms with Crippen LogP contribution in [0.2, 0.25) is 0 Å². The molecule has 7 nitrogen and oxygen atoms in total. The highest BCUT2D eigenvalue weighted by Gasteiger charge is 2.04. The fourth-order valence-corrected chi connectivity index (χ4v) is 0.659. The summed E-state index contributed by atoms with van der Waals surface area (Å²) in [4.78, 5) is 8.23. The zero-order valence-electron chi connectivity index (χ0n) is 4.76. The minimum atomic E-state index is -4.11. The van der Waals surface area contributed by atoms with Crippen LogP contribution in [-0.2, 0) is 14.7 Å². The molecule has 0 aliphatic carbocycles. The van der Waals surface area contributed by atoms with Gasteiger partial charge in [-0.3, -0.25) is 10.1 Å². The van der Waals surface area contributed by atoms with Crippen LogP contribution in [0.5, 0.6) is 0 Å². The average Bonchev–Trinajstić information content (AvgIpc) is 1.59. The highest BCUT2D eigenvalue weighted by molar-refractivity contribution is 7.85. The van der Waals surface area contributed by atoms with Crippen LogP contribution < -0.4 is 11.0 Å². The van der Waals surface area contributed by atoms with Gasteiger partial charge in [-0.05, 0) is 0 Å². The molecule has 0 amide bonds. The van der Waals surface area contributed by atoms with E-state index in [0.717, 1.165) is 0 Å². The van der Waals surface area contributed by atoms with Gasteiger partial charge < -0.3 is 4.89 Å². The van der Waals surface area contributed by atoms with Crippen molar-refractivity contribution in [1.29, 1.82) is 0 Å². The van der Waals surface area contributed by atoms with Gasteiger partial charge in [0.05, 0.1) is 0 Å². The summed E-state index contributed by atoms with van der Waals surface area (Å²) < 4.78 is 31.9. The van der Waals surface area contributed by atoms with Crippen LogP contribution in [0.1, 0.15) is 0 Å². The molecule has 0 spiro atoms. The van der Waals surface area contributed by atoms with E-state index in [2.05, 4.69) is 10.1 Å². The van der Waals surface area contributed by atoms with Crippen LogP contribution in [-0.4, -0.2) is 23.7 Å².